The molecule has 21 heavy (non-hydrogen) atoms. The highest BCUT2D eigenvalue weighted by Crippen LogP contribution is 2.20. The summed E-state index contributed by atoms with van der Waals surface area (Å²) < 4.78 is 20.6. The normalized spacial score (nSPS) is 12.9. The van der Waals surface area contributed by atoms with Gasteiger partial charge in [0.15, 0.2) is 6.29 Å². The SMILES string of the molecule is COC(CCOc1cc(CC(C(=O)O)C(C)C)on1)OC. The minimum Gasteiger partial charge on any atom is -0.481 e. The fraction of sp³-hybridized carbons (Fsp3) is 0.714. The van der Waals surface area contributed by atoms with Crippen molar-refractivity contribution in [2.75, 3.05) is 20.8 Å². The summed E-state index contributed by atoms with van der Waals surface area (Å²) in [5.74, 6) is -0.491. The van der Waals surface area contributed by atoms with Crippen molar-refractivity contribution in [2.24, 2.45) is 11.8 Å². The Hall–Kier alpha value is -1.60. The van der Waals surface area contributed by atoms with Crippen molar-refractivity contribution >= 4 is 5.97 Å². The molecular weight excluding hydrogens is 278 g/mol. The standard InChI is InChI=1S/C14H23NO6/c1-9(2)11(14(16)17)7-10-8-12(15-21-10)20-6-5-13(18-3)19-4/h8-9,11,13H,5-7H2,1-4H3,(H,16,17). The number of carboxylic acids is 1. The molecule has 0 amide bonds. The molecule has 1 unspecified atom stereocenters. The maximum atomic E-state index is 11.1. The Morgan fingerprint density at radius 2 is 2.05 bits per heavy atom. The molecule has 7 nitrogen and oxygen atoms in total. The van der Waals surface area contributed by atoms with E-state index in [1.54, 1.807) is 20.3 Å². The molecule has 1 aromatic rings. The molecule has 7 heteroatoms. The van der Waals surface area contributed by atoms with Crippen LogP contribution in [0.25, 0.3) is 0 Å². The van der Waals surface area contributed by atoms with E-state index in [9.17, 15) is 4.79 Å². The summed E-state index contributed by atoms with van der Waals surface area (Å²) in [7, 11) is 3.11. The van der Waals surface area contributed by atoms with E-state index in [-0.39, 0.29) is 12.2 Å². The van der Waals surface area contributed by atoms with Gasteiger partial charge in [-0.3, -0.25) is 4.79 Å². The zero-order valence-corrected chi connectivity index (χ0v) is 12.9. The number of ether oxygens (including phenoxy) is 3. The number of hydrogen-bond acceptors (Lipinski definition) is 6. The maximum absolute atomic E-state index is 11.1. The molecule has 1 heterocycles. The number of rotatable bonds is 10. The van der Waals surface area contributed by atoms with E-state index in [0.717, 1.165) is 0 Å². The molecule has 0 bridgehead atoms. The summed E-state index contributed by atoms with van der Waals surface area (Å²) in [5, 5.41) is 12.9. The Kier molecular flexibility index (Phi) is 7.18. The topological polar surface area (TPSA) is 91.0 Å². The van der Waals surface area contributed by atoms with Gasteiger partial charge in [0.05, 0.1) is 12.5 Å². The van der Waals surface area contributed by atoms with E-state index in [0.29, 0.717) is 31.1 Å². The van der Waals surface area contributed by atoms with Crippen molar-refractivity contribution in [2.45, 2.75) is 33.0 Å². The number of aliphatic carboxylic acids is 1. The third-order valence-electron chi connectivity index (χ3n) is 3.21. The highest BCUT2D eigenvalue weighted by molar-refractivity contribution is 5.70. The second-order valence-electron chi connectivity index (χ2n) is 5.06. The monoisotopic (exact) mass is 301 g/mol. The smallest absolute Gasteiger partial charge is 0.307 e. The first-order chi connectivity index (χ1) is 9.97. The lowest BCUT2D eigenvalue weighted by molar-refractivity contribution is -0.143. The first-order valence-electron chi connectivity index (χ1n) is 6.84. The van der Waals surface area contributed by atoms with Crippen LogP contribution in [-0.4, -0.2) is 43.3 Å². The van der Waals surface area contributed by atoms with Crippen molar-refractivity contribution in [3.05, 3.63) is 11.8 Å². The van der Waals surface area contributed by atoms with E-state index in [4.69, 9.17) is 23.8 Å². The van der Waals surface area contributed by atoms with Crippen LogP contribution in [0.15, 0.2) is 10.6 Å². The first kappa shape index (κ1) is 17.5. The Balaban J connectivity index is 2.47. The number of carboxylic acid groups (broad SMARTS) is 1. The molecular formula is C14H23NO6. The predicted octanol–water partition coefficient (Wildman–Crippen LogP) is 1.96. The van der Waals surface area contributed by atoms with Crippen LogP contribution in [0.1, 0.15) is 26.0 Å². The van der Waals surface area contributed by atoms with E-state index < -0.39 is 11.9 Å². The number of nitrogens with zero attached hydrogens (tertiary/aromatic N) is 1. The van der Waals surface area contributed by atoms with Gasteiger partial charge in [0.1, 0.15) is 5.76 Å². The fourth-order valence-corrected chi connectivity index (χ4v) is 1.87. The van der Waals surface area contributed by atoms with Gasteiger partial charge in [0.25, 0.3) is 5.88 Å². The zero-order chi connectivity index (χ0) is 15.8. The largest absolute Gasteiger partial charge is 0.481 e. The lowest BCUT2D eigenvalue weighted by Crippen LogP contribution is -2.21. The van der Waals surface area contributed by atoms with Crippen LogP contribution < -0.4 is 4.74 Å². The lowest BCUT2D eigenvalue weighted by atomic mass is 9.92. The molecule has 1 N–H and O–H groups in total. The van der Waals surface area contributed by atoms with Gasteiger partial charge in [-0.25, -0.2) is 0 Å². The summed E-state index contributed by atoms with van der Waals surface area (Å²) in [6.07, 6.45) is 0.523. The van der Waals surface area contributed by atoms with Gasteiger partial charge in [-0.1, -0.05) is 13.8 Å². The van der Waals surface area contributed by atoms with Crippen LogP contribution in [0, 0.1) is 11.8 Å². The zero-order valence-electron chi connectivity index (χ0n) is 12.9. The van der Waals surface area contributed by atoms with Crippen molar-refractivity contribution in [3.63, 3.8) is 0 Å². The lowest BCUT2D eigenvalue weighted by Gasteiger charge is -2.13. The molecule has 0 saturated carbocycles. The molecule has 0 saturated heterocycles. The Labute approximate surface area is 124 Å². The van der Waals surface area contributed by atoms with Crippen LogP contribution >= 0.6 is 0 Å². The molecule has 0 aliphatic carbocycles. The van der Waals surface area contributed by atoms with Crippen molar-refractivity contribution in [1.82, 2.24) is 5.16 Å². The molecule has 1 aromatic heterocycles. The molecule has 120 valence electrons. The highest BCUT2D eigenvalue weighted by atomic mass is 16.7. The van der Waals surface area contributed by atoms with Crippen molar-refractivity contribution in [3.8, 4) is 5.88 Å². The molecule has 0 aliphatic rings. The molecule has 0 fully saturated rings. The maximum Gasteiger partial charge on any atom is 0.307 e. The number of carbonyl (C=O) groups is 1. The third kappa shape index (κ3) is 5.73. The molecule has 0 aliphatic heterocycles. The predicted molar refractivity (Wildman–Crippen MR) is 74.1 cm³/mol. The minimum atomic E-state index is -0.841. The van der Waals surface area contributed by atoms with Gasteiger partial charge in [0, 0.05) is 33.1 Å². The van der Waals surface area contributed by atoms with E-state index in [2.05, 4.69) is 5.16 Å². The quantitative estimate of drug-likeness (QED) is 0.660. The van der Waals surface area contributed by atoms with Crippen LogP contribution in [0.5, 0.6) is 5.88 Å². The Bertz CT molecular complexity index is 427. The van der Waals surface area contributed by atoms with Gasteiger partial charge in [-0.2, -0.15) is 0 Å². The van der Waals surface area contributed by atoms with Gasteiger partial charge in [-0.05, 0) is 11.1 Å². The third-order valence-corrected chi connectivity index (χ3v) is 3.21. The van der Waals surface area contributed by atoms with E-state index >= 15 is 0 Å². The summed E-state index contributed by atoms with van der Waals surface area (Å²) in [4.78, 5) is 11.1. The van der Waals surface area contributed by atoms with E-state index in [1.165, 1.54) is 0 Å². The molecule has 1 rings (SSSR count). The number of aromatic nitrogens is 1. The second kappa shape index (κ2) is 8.63. The van der Waals surface area contributed by atoms with Gasteiger partial charge in [0.2, 0.25) is 0 Å². The van der Waals surface area contributed by atoms with Crippen LogP contribution in [-0.2, 0) is 20.7 Å². The molecule has 1 atom stereocenters. The van der Waals surface area contributed by atoms with Crippen LogP contribution in [0.4, 0.5) is 0 Å². The summed E-state index contributed by atoms with van der Waals surface area (Å²) in [6, 6.07) is 1.62. The first-order valence-corrected chi connectivity index (χ1v) is 6.84. The minimum absolute atomic E-state index is 0.0149. The fourth-order valence-electron chi connectivity index (χ4n) is 1.87. The van der Waals surface area contributed by atoms with Gasteiger partial charge < -0.3 is 23.8 Å². The van der Waals surface area contributed by atoms with Crippen LogP contribution in [0.3, 0.4) is 0 Å². The second-order valence-corrected chi connectivity index (χ2v) is 5.06. The Morgan fingerprint density at radius 3 is 2.57 bits per heavy atom. The summed E-state index contributed by atoms with van der Waals surface area (Å²) in [6.45, 7) is 4.09. The summed E-state index contributed by atoms with van der Waals surface area (Å²) >= 11 is 0. The number of hydrogen-bond donors (Lipinski definition) is 1. The molecule has 0 spiro atoms. The van der Waals surface area contributed by atoms with Crippen molar-refractivity contribution < 1.29 is 28.6 Å². The van der Waals surface area contributed by atoms with Crippen molar-refractivity contribution in [1.29, 1.82) is 0 Å². The highest BCUT2D eigenvalue weighted by Gasteiger charge is 2.24. The van der Waals surface area contributed by atoms with Gasteiger partial charge in [-0.15, -0.1) is 0 Å². The van der Waals surface area contributed by atoms with E-state index in [1.807, 2.05) is 13.8 Å². The molecule has 0 radical (unpaired) electrons. The summed E-state index contributed by atoms with van der Waals surface area (Å²) in [5.41, 5.74) is 0. The van der Waals surface area contributed by atoms with Crippen LogP contribution in [0.2, 0.25) is 0 Å². The number of methoxy groups -OCH3 is 2. The van der Waals surface area contributed by atoms with Gasteiger partial charge >= 0.3 is 5.97 Å². The average Bonchev–Trinajstić information content (AvgIpc) is 2.88. The Morgan fingerprint density at radius 1 is 1.38 bits per heavy atom. The molecule has 0 aromatic carbocycles. The average molecular weight is 301 g/mol.